The average molecular weight is 310 g/mol. The number of hydrogen-bond donors (Lipinski definition) is 1. The van der Waals surface area contributed by atoms with E-state index in [1.165, 1.54) is 11.1 Å². The van der Waals surface area contributed by atoms with Gasteiger partial charge in [0.1, 0.15) is 12.4 Å². The van der Waals surface area contributed by atoms with E-state index in [4.69, 9.17) is 10.5 Å². The summed E-state index contributed by atoms with van der Waals surface area (Å²) in [5, 5.41) is 0. The van der Waals surface area contributed by atoms with E-state index in [2.05, 4.69) is 42.2 Å². The summed E-state index contributed by atoms with van der Waals surface area (Å²) in [7, 11) is 0. The van der Waals surface area contributed by atoms with E-state index in [1.807, 2.05) is 24.3 Å². The highest BCUT2D eigenvalue weighted by atomic mass is 16.5. The minimum atomic E-state index is 0.343. The summed E-state index contributed by atoms with van der Waals surface area (Å²) in [5.41, 5.74) is 8.57. The number of ether oxygens (including phenoxy) is 1. The van der Waals surface area contributed by atoms with Crippen LogP contribution in [0.15, 0.2) is 54.6 Å². The van der Waals surface area contributed by atoms with Crippen molar-refractivity contribution in [2.24, 2.45) is 11.7 Å². The van der Waals surface area contributed by atoms with Crippen molar-refractivity contribution in [2.45, 2.75) is 32.5 Å². The lowest BCUT2D eigenvalue weighted by molar-refractivity contribution is 0.155. The Labute approximate surface area is 139 Å². The lowest BCUT2D eigenvalue weighted by Gasteiger charge is -2.35. The van der Waals surface area contributed by atoms with Gasteiger partial charge in [-0.2, -0.15) is 0 Å². The average Bonchev–Trinajstić information content (AvgIpc) is 2.58. The second-order valence-electron chi connectivity index (χ2n) is 6.55. The Kier molecular flexibility index (Phi) is 5.31. The Morgan fingerprint density at radius 1 is 1.09 bits per heavy atom. The van der Waals surface area contributed by atoms with Gasteiger partial charge in [-0.25, -0.2) is 0 Å². The van der Waals surface area contributed by atoms with Crippen molar-refractivity contribution in [3.63, 3.8) is 0 Å². The molecule has 3 nitrogen and oxygen atoms in total. The molecule has 2 N–H and O–H groups in total. The van der Waals surface area contributed by atoms with Gasteiger partial charge in [-0.15, -0.1) is 0 Å². The predicted octanol–water partition coefficient (Wildman–Crippen LogP) is 3.43. The number of hydrogen-bond acceptors (Lipinski definition) is 3. The number of likely N-dealkylation sites (tertiary alicyclic amines) is 1. The fourth-order valence-electron chi connectivity index (χ4n) is 3.15. The number of piperidine rings is 1. The van der Waals surface area contributed by atoms with E-state index in [0.29, 0.717) is 18.6 Å². The zero-order chi connectivity index (χ0) is 16.1. The van der Waals surface area contributed by atoms with Gasteiger partial charge in [0.25, 0.3) is 0 Å². The van der Waals surface area contributed by atoms with E-state index in [1.54, 1.807) is 0 Å². The highest BCUT2D eigenvalue weighted by Crippen LogP contribution is 2.24. The highest BCUT2D eigenvalue weighted by Gasteiger charge is 2.23. The lowest BCUT2D eigenvalue weighted by Crippen LogP contribution is -2.45. The van der Waals surface area contributed by atoms with Crippen molar-refractivity contribution in [2.75, 3.05) is 13.1 Å². The largest absolute Gasteiger partial charge is 0.489 e. The van der Waals surface area contributed by atoms with Crippen LogP contribution < -0.4 is 10.5 Å². The summed E-state index contributed by atoms with van der Waals surface area (Å²) < 4.78 is 6.06. The third kappa shape index (κ3) is 4.34. The first-order valence-corrected chi connectivity index (χ1v) is 8.45. The van der Waals surface area contributed by atoms with Crippen molar-refractivity contribution < 1.29 is 4.74 Å². The molecule has 0 radical (unpaired) electrons. The van der Waals surface area contributed by atoms with Gasteiger partial charge in [0, 0.05) is 24.7 Å². The first-order valence-electron chi connectivity index (χ1n) is 8.45. The molecule has 0 spiro atoms. The second-order valence-corrected chi connectivity index (χ2v) is 6.55. The summed E-state index contributed by atoms with van der Waals surface area (Å²) >= 11 is 0. The van der Waals surface area contributed by atoms with E-state index >= 15 is 0 Å². The predicted molar refractivity (Wildman–Crippen MR) is 94.2 cm³/mol. The molecule has 1 aliphatic rings. The minimum Gasteiger partial charge on any atom is -0.489 e. The maximum absolute atomic E-state index is 6.12. The molecule has 0 saturated carbocycles. The Hall–Kier alpha value is -1.84. The topological polar surface area (TPSA) is 38.5 Å². The van der Waals surface area contributed by atoms with Crippen LogP contribution in [0.5, 0.6) is 5.75 Å². The third-order valence-corrected chi connectivity index (χ3v) is 4.66. The van der Waals surface area contributed by atoms with Crippen molar-refractivity contribution in [1.29, 1.82) is 0 Å². The molecule has 2 unspecified atom stereocenters. The molecule has 0 bridgehead atoms. The van der Waals surface area contributed by atoms with Crippen LogP contribution >= 0.6 is 0 Å². The summed E-state index contributed by atoms with van der Waals surface area (Å²) in [5.74, 6) is 1.54. The fraction of sp³-hybridized carbons (Fsp3) is 0.400. The molecule has 122 valence electrons. The molecular formula is C20H26N2O. The Bertz CT molecular complexity index is 614. The third-order valence-electron chi connectivity index (χ3n) is 4.66. The molecule has 3 rings (SSSR count). The number of nitrogens with two attached hydrogens (primary N) is 1. The molecule has 3 heteroatoms. The van der Waals surface area contributed by atoms with Crippen LogP contribution in [0.3, 0.4) is 0 Å². The molecule has 0 aliphatic carbocycles. The molecule has 1 aliphatic heterocycles. The Morgan fingerprint density at radius 3 is 2.61 bits per heavy atom. The van der Waals surface area contributed by atoms with Crippen LogP contribution in [0.25, 0.3) is 0 Å². The summed E-state index contributed by atoms with van der Waals surface area (Å²) in [6, 6.07) is 19.0. The summed E-state index contributed by atoms with van der Waals surface area (Å²) in [6.07, 6.45) is 1.08. The SMILES string of the molecule is CC1CN(Cc2ccccc2OCc2ccccc2)CCC1N. The van der Waals surface area contributed by atoms with Gasteiger partial charge in [0.15, 0.2) is 0 Å². The number of para-hydroxylation sites is 1. The molecule has 2 aromatic rings. The van der Waals surface area contributed by atoms with Gasteiger partial charge in [0.2, 0.25) is 0 Å². The molecule has 0 aromatic heterocycles. The van der Waals surface area contributed by atoms with Crippen LogP contribution in [0.2, 0.25) is 0 Å². The first-order chi connectivity index (χ1) is 11.2. The van der Waals surface area contributed by atoms with Crippen LogP contribution in [0.4, 0.5) is 0 Å². The van der Waals surface area contributed by atoms with Crippen molar-refractivity contribution in [1.82, 2.24) is 4.90 Å². The Morgan fingerprint density at radius 2 is 1.83 bits per heavy atom. The molecule has 2 aromatic carbocycles. The van der Waals surface area contributed by atoms with Crippen molar-refractivity contribution in [3.8, 4) is 5.75 Å². The second kappa shape index (κ2) is 7.62. The van der Waals surface area contributed by atoms with Gasteiger partial charge >= 0.3 is 0 Å². The van der Waals surface area contributed by atoms with Crippen LogP contribution in [0.1, 0.15) is 24.5 Å². The van der Waals surface area contributed by atoms with E-state index in [-0.39, 0.29) is 0 Å². The quantitative estimate of drug-likeness (QED) is 0.919. The molecule has 23 heavy (non-hydrogen) atoms. The zero-order valence-corrected chi connectivity index (χ0v) is 13.8. The molecule has 2 atom stereocenters. The normalized spacial score (nSPS) is 22.0. The summed E-state index contributed by atoms with van der Waals surface area (Å²) in [6.45, 7) is 5.92. The van der Waals surface area contributed by atoms with Gasteiger partial charge in [-0.1, -0.05) is 55.5 Å². The first kappa shape index (κ1) is 16.0. The molecular weight excluding hydrogens is 284 g/mol. The van der Waals surface area contributed by atoms with Crippen molar-refractivity contribution >= 4 is 0 Å². The zero-order valence-electron chi connectivity index (χ0n) is 13.8. The maximum Gasteiger partial charge on any atom is 0.124 e. The smallest absolute Gasteiger partial charge is 0.124 e. The summed E-state index contributed by atoms with van der Waals surface area (Å²) in [4.78, 5) is 2.48. The molecule has 1 heterocycles. The Balaban J connectivity index is 1.64. The molecule has 1 fully saturated rings. The van der Waals surface area contributed by atoms with Gasteiger partial charge in [-0.05, 0) is 30.5 Å². The van der Waals surface area contributed by atoms with Crippen LogP contribution in [-0.2, 0) is 13.2 Å². The maximum atomic E-state index is 6.12. The fourth-order valence-corrected chi connectivity index (χ4v) is 3.15. The van der Waals surface area contributed by atoms with Gasteiger partial charge in [0.05, 0.1) is 0 Å². The van der Waals surface area contributed by atoms with E-state index < -0.39 is 0 Å². The molecule has 1 saturated heterocycles. The standard InChI is InChI=1S/C20H26N2O/c1-16-13-22(12-11-19(16)21)14-18-9-5-6-10-20(18)23-15-17-7-3-2-4-8-17/h2-10,16,19H,11-15,21H2,1H3. The number of nitrogens with zero attached hydrogens (tertiary/aromatic N) is 1. The monoisotopic (exact) mass is 310 g/mol. The number of benzene rings is 2. The van der Waals surface area contributed by atoms with Gasteiger partial charge < -0.3 is 10.5 Å². The van der Waals surface area contributed by atoms with Crippen molar-refractivity contribution in [3.05, 3.63) is 65.7 Å². The highest BCUT2D eigenvalue weighted by molar-refractivity contribution is 5.33. The van der Waals surface area contributed by atoms with Crippen LogP contribution in [-0.4, -0.2) is 24.0 Å². The number of rotatable bonds is 5. The lowest BCUT2D eigenvalue weighted by atomic mass is 9.94. The minimum absolute atomic E-state index is 0.343. The van der Waals surface area contributed by atoms with Gasteiger partial charge in [-0.3, -0.25) is 4.90 Å². The van der Waals surface area contributed by atoms with Crippen LogP contribution in [0, 0.1) is 5.92 Å². The van der Waals surface area contributed by atoms with E-state index in [9.17, 15) is 0 Å². The molecule has 0 amide bonds. The van der Waals surface area contributed by atoms with E-state index in [0.717, 1.165) is 31.8 Å².